The number of hydrogen-bond acceptors (Lipinski definition) is 1. The Morgan fingerprint density at radius 1 is 1.14 bits per heavy atom. The van der Waals surface area contributed by atoms with Crippen LogP contribution in [0.5, 0.6) is 0 Å². The molecule has 0 bridgehead atoms. The van der Waals surface area contributed by atoms with Gasteiger partial charge in [-0.05, 0) is 32.6 Å². The minimum absolute atomic E-state index is 0.0830. The fourth-order valence-electron chi connectivity index (χ4n) is 2.54. The fourth-order valence-corrected chi connectivity index (χ4v) is 2.54. The molecule has 3 nitrogen and oxygen atoms in total. The first-order valence-corrected chi connectivity index (χ1v) is 5.77. The van der Waals surface area contributed by atoms with Gasteiger partial charge in [-0.2, -0.15) is 0 Å². The number of urea groups is 1. The Bertz CT molecular complexity index is 215. The number of nitrogens with one attached hydrogen (secondary N) is 1. The lowest BCUT2D eigenvalue weighted by Gasteiger charge is -2.28. The van der Waals surface area contributed by atoms with Gasteiger partial charge in [-0.1, -0.05) is 12.8 Å². The third kappa shape index (κ3) is 2.02. The van der Waals surface area contributed by atoms with Gasteiger partial charge in [-0.15, -0.1) is 0 Å². The smallest absolute Gasteiger partial charge is 0.317 e. The summed E-state index contributed by atoms with van der Waals surface area (Å²) in [5.74, 6) is 0. The summed E-state index contributed by atoms with van der Waals surface area (Å²) in [5.41, 5.74) is 0.0830. The van der Waals surface area contributed by atoms with Gasteiger partial charge in [0.25, 0.3) is 0 Å². The predicted molar refractivity (Wildman–Crippen MR) is 56.2 cm³/mol. The maximum atomic E-state index is 11.8. The van der Waals surface area contributed by atoms with Crippen LogP contribution in [-0.2, 0) is 0 Å². The summed E-state index contributed by atoms with van der Waals surface area (Å²) in [4.78, 5) is 13.8. The molecule has 0 radical (unpaired) electrons. The molecular weight excluding hydrogens is 176 g/mol. The average Bonchev–Trinajstić information content (AvgIpc) is 2.74. The molecule has 1 saturated heterocycles. The van der Waals surface area contributed by atoms with Crippen LogP contribution in [0.3, 0.4) is 0 Å². The molecule has 1 saturated carbocycles. The maximum Gasteiger partial charge on any atom is 0.317 e. The van der Waals surface area contributed by atoms with Crippen molar-refractivity contribution in [3.05, 3.63) is 0 Å². The van der Waals surface area contributed by atoms with Crippen molar-refractivity contribution < 1.29 is 4.79 Å². The molecule has 1 N–H and O–H groups in total. The number of amides is 2. The highest BCUT2D eigenvalue weighted by atomic mass is 16.2. The van der Waals surface area contributed by atoms with E-state index in [1.54, 1.807) is 0 Å². The Balaban J connectivity index is 1.86. The van der Waals surface area contributed by atoms with E-state index in [-0.39, 0.29) is 11.6 Å². The van der Waals surface area contributed by atoms with Crippen LogP contribution >= 0.6 is 0 Å². The lowest BCUT2D eigenvalue weighted by atomic mass is 10.0. The molecule has 3 heteroatoms. The van der Waals surface area contributed by atoms with Crippen LogP contribution in [0.2, 0.25) is 0 Å². The zero-order valence-corrected chi connectivity index (χ0v) is 9.01. The van der Waals surface area contributed by atoms with E-state index in [0.717, 1.165) is 25.9 Å². The Morgan fingerprint density at radius 2 is 1.71 bits per heavy atom. The third-order valence-corrected chi connectivity index (χ3v) is 3.51. The van der Waals surface area contributed by atoms with E-state index in [9.17, 15) is 4.79 Å². The second-order valence-electron chi connectivity index (χ2n) is 4.89. The van der Waals surface area contributed by atoms with Crippen molar-refractivity contribution in [1.29, 1.82) is 0 Å². The van der Waals surface area contributed by atoms with Crippen molar-refractivity contribution >= 4 is 6.03 Å². The van der Waals surface area contributed by atoms with Crippen molar-refractivity contribution in [2.24, 2.45) is 0 Å². The molecule has 0 atom stereocenters. The highest BCUT2D eigenvalue weighted by Crippen LogP contribution is 2.29. The first-order chi connectivity index (χ1) is 6.70. The molecule has 2 amide bonds. The topological polar surface area (TPSA) is 32.3 Å². The molecule has 1 aliphatic carbocycles. The quantitative estimate of drug-likeness (QED) is 0.684. The monoisotopic (exact) mass is 196 g/mol. The summed E-state index contributed by atoms with van der Waals surface area (Å²) >= 11 is 0. The van der Waals surface area contributed by atoms with Gasteiger partial charge in [0.15, 0.2) is 0 Å². The normalized spacial score (nSPS) is 25.4. The summed E-state index contributed by atoms with van der Waals surface area (Å²) in [5, 5.41) is 3.18. The fraction of sp³-hybridized carbons (Fsp3) is 0.909. The molecule has 0 aromatic carbocycles. The van der Waals surface area contributed by atoms with E-state index in [1.807, 2.05) is 4.90 Å². The summed E-state index contributed by atoms with van der Waals surface area (Å²) < 4.78 is 0. The summed E-state index contributed by atoms with van der Waals surface area (Å²) in [6.07, 6.45) is 7.15. The molecule has 80 valence electrons. The minimum atomic E-state index is 0.0830. The number of likely N-dealkylation sites (tertiary alicyclic amines) is 1. The lowest BCUT2D eigenvalue weighted by Crippen LogP contribution is -2.49. The van der Waals surface area contributed by atoms with Crippen LogP contribution in [0, 0.1) is 0 Å². The van der Waals surface area contributed by atoms with Crippen molar-refractivity contribution in [3.63, 3.8) is 0 Å². The van der Waals surface area contributed by atoms with Gasteiger partial charge in [0.2, 0.25) is 0 Å². The maximum absolute atomic E-state index is 11.8. The number of carbonyl (C=O) groups is 1. The molecule has 0 aromatic rings. The van der Waals surface area contributed by atoms with Gasteiger partial charge in [-0.25, -0.2) is 4.79 Å². The number of hydrogen-bond donors (Lipinski definition) is 1. The van der Waals surface area contributed by atoms with E-state index in [1.165, 1.54) is 25.7 Å². The van der Waals surface area contributed by atoms with Crippen molar-refractivity contribution in [2.45, 2.75) is 51.0 Å². The van der Waals surface area contributed by atoms with Crippen LogP contribution in [0.15, 0.2) is 0 Å². The van der Waals surface area contributed by atoms with Gasteiger partial charge >= 0.3 is 6.03 Å². The number of nitrogens with zero attached hydrogens (tertiary/aromatic N) is 1. The predicted octanol–water partition coefficient (Wildman–Crippen LogP) is 2.12. The lowest BCUT2D eigenvalue weighted by molar-refractivity contribution is 0.195. The van der Waals surface area contributed by atoms with Gasteiger partial charge in [0.05, 0.1) is 0 Å². The third-order valence-electron chi connectivity index (χ3n) is 3.51. The SMILES string of the molecule is CC1(NC(=O)N2CCCC2)CCCC1. The molecule has 1 heterocycles. The van der Waals surface area contributed by atoms with Gasteiger partial charge in [0, 0.05) is 18.6 Å². The molecule has 0 aromatic heterocycles. The number of carbonyl (C=O) groups excluding carboxylic acids is 1. The second kappa shape index (κ2) is 3.79. The Morgan fingerprint density at radius 3 is 2.29 bits per heavy atom. The highest BCUT2D eigenvalue weighted by molar-refractivity contribution is 5.75. The van der Waals surface area contributed by atoms with E-state index in [4.69, 9.17) is 0 Å². The summed E-state index contributed by atoms with van der Waals surface area (Å²) in [6, 6.07) is 0.159. The van der Waals surface area contributed by atoms with Crippen LogP contribution in [0.4, 0.5) is 4.79 Å². The van der Waals surface area contributed by atoms with Crippen LogP contribution in [0.25, 0.3) is 0 Å². The van der Waals surface area contributed by atoms with Crippen LogP contribution in [-0.4, -0.2) is 29.6 Å². The van der Waals surface area contributed by atoms with Crippen LogP contribution < -0.4 is 5.32 Å². The molecule has 1 aliphatic heterocycles. The van der Waals surface area contributed by atoms with Gasteiger partial charge in [-0.3, -0.25) is 0 Å². The molecule has 14 heavy (non-hydrogen) atoms. The van der Waals surface area contributed by atoms with Crippen molar-refractivity contribution in [1.82, 2.24) is 10.2 Å². The molecule has 2 fully saturated rings. The van der Waals surface area contributed by atoms with Crippen molar-refractivity contribution in [3.8, 4) is 0 Å². The second-order valence-corrected chi connectivity index (χ2v) is 4.89. The average molecular weight is 196 g/mol. The Hall–Kier alpha value is -0.730. The molecule has 0 spiro atoms. The molecule has 2 rings (SSSR count). The molecular formula is C11H20N2O. The van der Waals surface area contributed by atoms with Crippen molar-refractivity contribution in [2.75, 3.05) is 13.1 Å². The first kappa shape index (κ1) is 9.81. The zero-order valence-electron chi connectivity index (χ0n) is 9.01. The Labute approximate surface area is 85.8 Å². The first-order valence-electron chi connectivity index (χ1n) is 5.77. The number of rotatable bonds is 1. The van der Waals surface area contributed by atoms with E-state index < -0.39 is 0 Å². The summed E-state index contributed by atoms with van der Waals surface area (Å²) in [7, 11) is 0. The zero-order chi connectivity index (χ0) is 10.0. The Kier molecular flexibility index (Phi) is 2.66. The highest BCUT2D eigenvalue weighted by Gasteiger charge is 2.32. The van der Waals surface area contributed by atoms with Crippen LogP contribution in [0.1, 0.15) is 45.4 Å². The minimum Gasteiger partial charge on any atom is -0.333 e. The summed E-state index contributed by atoms with van der Waals surface area (Å²) in [6.45, 7) is 4.07. The molecule has 2 aliphatic rings. The van der Waals surface area contributed by atoms with E-state index in [0.29, 0.717) is 0 Å². The van der Waals surface area contributed by atoms with E-state index >= 15 is 0 Å². The van der Waals surface area contributed by atoms with Gasteiger partial charge < -0.3 is 10.2 Å². The van der Waals surface area contributed by atoms with Gasteiger partial charge in [0.1, 0.15) is 0 Å². The molecule has 0 unspecified atom stereocenters. The largest absolute Gasteiger partial charge is 0.333 e. The van der Waals surface area contributed by atoms with E-state index in [2.05, 4.69) is 12.2 Å². The standard InChI is InChI=1S/C11H20N2O/c1-11(6-2-3-7-11)12-10(14)13-8-4-5-9-13/h2-9H2,1H3,(H,12,14).